The molecule has 0 aliphatic rings. The Morgan fingerprint density at radius 2 is 1.79 bits per heavy atom. The smallest absolute Gasteiger partial charge is 0.347 e. The lowest BCUT2D eigenvalue weighted by Crippen LogP contribution is -2.21. The molecule has 0 heterocycles. The molecule has 0 spiro atoms. The number of carbonyl (C=O) groups is 2. The second-order valence-electron chi connectivity index (χ2n) is 3.36. The van der Waals surface area contributed by atoms with Gasteiger partial charge in [-0.3, -0.25) is 0 Å². The number of hydrogen-bond acceptors (Lipinski definition) is 5. The monoisotopic (exact) mass is 204 g/mol. The molecule has 0 aromatic heterocycles. The van der Waals surface area contributed by atoms with E-state index >= 15 is 0 Å². The van der Waals surface area contributed by atoms with Crippen molar-refractivity contribution >= 4 is 11.9 Å². The Labute approximate surface area is 83.2 Å². The highest BCUT2D eigenvalue weighted by Crippen LogP contribution is 2.13. The van der Waals surface area contributed by atoms with Crippen molar-refractivity contribution in [2.75, 3.05) is 7.11 Å². The Balaban J connectivity index is 0. The molecule has 0 aliphatic carbocycles. The summed E-state index contributed by atoms with van der Waals surface area (Å²) in [5, 5.41) is 7.82. The van der Waals surface area contributed by atoms with E-state index in [1.165, 1.54) is 7.11 Å². The molecule has 5 heteroatoms. The molecule has 0 saturated carbocycles. The van der Waals surface area contributed by atoms with E-state index in [-0.39, 0.29) is 0 Å². The summed E-state index contributed by atoms with van der Waals surface area (Å²) in [6.45, 7) is 8.13. The Bertz CT molecular complexity index is 202. The SMILES string of the molecule is C=CC(=O)OC.CC(C)(C)C(=O)OO. The van der Waals surface area contributed by atoms with Gasteiger partial charge in [-0.05, 0) is 20.8 Å². The fraction of sp³-hybridized carbons (Fsp3) is 0.556. The minimum absolute atomic E-state index is 0.394. The Hall–Kier alpha value is -1.36. The van der Waals surface area contributed by atoms with Crippen LogP contribution in [0.5, 0.6) is 0 Å². The first-order valence-corrected chi connectivity index (χ1v) is 3.85. The maximum absolute atomic E-state index is 10.4. The average molecular weight is 204 g/mol. The predicted octanol–water partition coefficient (Wildman–Crippen LogP) is 1.39. The van der Waals surface area contributed by atoms with E-state index in [1.54, 1.807) is 20.8 Å². The molecule has 1 N–H and O–H groups in total. The van der Waals surface area contributed by atoms with Crippen LogP contribution in [0.15, 0.2) is 12.7 Å². The molecule has 0 saturated heterocycles. The molecule has 5 nitrogen and oxygen atoms in total. The molecule has 82 valence electrons. The van der Waals surface area contributed by atoms with E-state index in [1.807, 2.05) is 0 Å². The summed E-state index contributed by atoms with van der Waals surface area (Å²) in [6.07, 6.45) is 1.11. The molecule has 0 radical (unpaired) electrons. The highest BCUT2D eigenvalue weighted by Gasteiger charge is 2.22. The van der Waals surface area contributed by atoms with Crippen molar-refractivity contribution in [3.8, 4) is 0 Å². The van der Waals surface area contributed by atoms with Gasteiger partial charge in [0.05, 0.1) is 12.5 Å². The molecule has 0 atom stereocenters. The zero-order chi connectivity index (χ0) is 11.8. The number of hydrogen-bond donors (Lipinski definition) is 1. The second-order valence-corrected chi connectivity index (χ2v) is 3.36. The quantitative estimate of drug-likeness (QED) is 0.302. The summed E-state index contributed by atoms with van der Waals surface area (Å²) in [5.74, 6) is -1.01. The zero-order valence-corrected chi connectivity index (χ0v) is 8.86. The number of esters is 1. The number of ether oxygens (including phenoxy) is 1. The molecule has 0 rings (SSSR count). The van der Waals surface area contributed by atoms with Gasteiger partial charge >= 0.3 is 11.9 Å². The molecule has 0 aromatic rings. The summed E-state index contributed by atoms with van der Waals surface area (Å²) in [7, 11) is 1.31. The summed E-state index contributed by atoms with van der Waals surface area (Å²) in [6, 6.07) is 0. The van der Waals surface area contributed by atoms with Gasteiger partial charge in [0.25, 0.3) is 0 Å². The van der Waals surface area contributed by atoms with Gasteiger partial charge in [0.2, 0.25) is 0 Å². The summed E-state index contributed by atoms with van der Waals surface area (Å²) >= 11 is 0. The van der Waals surface area contributed by atoms with Crippen molar-refractivity contribution in [1.82, 2.24) is 0 Å². The minimum Gasteiger partial charge on any atom is -0.466 e. The maximum Gasteiger partial charge on any atom is 0.347 e. The standard InChI is InChI=1S/C5H10O3.C4H6O2/c1-5(2,3)4(6)8-7;1-3-4(5)6-2/h7H,1-3H3;3H,1H2,2H3. The summed E-state index contributed by atoms with van der Waals surface area (Å²) < 4.78 is 4.14. The van der Waals surface area contributed by atoms with Crippen molar-refractivity contribution in [1.29, 1.82) is 0 Å². The van der Waals surface area contributed by atoms with Crippen molar-refractivity contribution in [2.24, 2.45) is 5.41 Å². The van der Waals surface area contributed by atoms with E-state index in [0.717, 1.165) is 6.08 Å². The Morgan fingerprint density at radius 1 is 1.36 bits per heavy atom. The van der Waals surface area contributed by atoms with Crippen LogP contribution in [0.4, 0.5) is 0 Å². The van der Waals surface area contributed by atoms with Crippen LogP contribution in [-0.4, -0.2) is 24.3 Å². The third kappa shape index (κ3) is 8.73. The third-order valence-electron chi connectivity index (χ3n) is 1.06. The summed E-state index contributed by atoms with van der Waals surface area (Å²) in [5.41, 5.74) is -0.602. The van der Waals surface area contributed by atoms with Crippen molar-refractivity contribution in [3.63, 3.8) is 0 Å². The third-order valence-corrected chi connectivity index (χ3v) is 1.06. The molecule has 0 amide bonds. The van der Waals surface area contributed by atoms with Crippen molar-refractivity contribution in [2.45, 2.75) is 20.8 Å². The van der Waals surface area contributed by atoms with Crippen LogP contribution < -0.4 is 0 Å². The van der Waals surface area contributed by atoms with Crippen molar-refractivity contribution in [3.05, 3.63) is 12.7 Å². The Morgan fingerprint density at radius 3 is 1.79 bits per heavy atom. The largest absolute Gasteiger partial charge is 0.466 e. The van der Waals surface area contributed by atoms with E-state index < -0.39 is 17.4 Å². The van der Waals surface area contributed by atoms with Crippen LogP contribution in [0.2, 0.25) is 0 Å². The van der Waals surface area contributed by atoms with Crippen LogP contribution in [0.3, 0.4) is 0 Å². The van der Waals surface area contributed by atoms with Crippen LogP contribution in [0.1, 0.15) is 20.8 Å². The van der Waals surface area contributed by atoms with E-state index in [0.29, 0.717) is 0 Å². The van der Waals surface area contributed by atoms with Gasteiger partial charge < -0.3 is 9.62 Å². The van der Waals surface area contributed by atoms with Gasteiger partial charge in [-0.15, -0.1) is 0 Å². The number of carbonyl (C=O) groups excluding carboxylic acids is 2. The maximum atomic E-state index is 10.4. The first-order valence-electron chi connectivity index (χ1n) is 3.85. The van der Waals surface area contributed by atoms with Crippen LogP contribution in [-0.2, 0) is 19.2 Å². The van der Waals surface area contributed by atoms with E-state index in [9.17, 15) is 9.59 Å². The molecule has 0 unspecified atom stereocenters. The van der Waals surface area contributed by atoms with Gasteiger partial charge in [-0.2, -0.15) is 5.26 Å². The lowest BCUT2D eigenvalue weighted by molar-refractivity contribution is -0.243. The lowest BCUT2D eigenvalue weighted by atomic mass is 9.98. The van der Waals surface area contributed by atoms with Gasteiger partial charge in [-0.1, -0.05) is 6.58 Å². The molecule has 0 fully saturated rings. The number of methoxy groups -OCH3 is 1. The predicted molar refractivity (Wildman–Crippen MR) is 50.4 cm³/mol. The van der Waals surface area contributed by atoms with Gasteiger partial charge in [0.1, 0.15) is 0 Å². The van der Waals surface area contributed by atoms with Crippen LogP contribution >= 0.6 is 0 Å². The Kier molecular flexibility index (Phi) is 7.65. The highest BCUT2D eigenvalue weighted by molar-refractivity contribution is 5.80. The second kappa shape index (κ2) is 7.08. The van der Waals surface area contributed by atoms with Crippen molar-refractivity contribution < 1.29 is 24.5 Å². The van der Waals surface area contributed by atoms with Crippen LogP contribution in [0.25, 0.3) is 0 Å². The highest BCUT2D eigenvalue weighted by atomic mass is 17.1. The fourth-order valence-corrected chi connectivity index (χ4v) is 0.220. The first kappa shape index (κ1) is 15.1. The lowest BCUT2D eigenvalue weighted by Gasteiger charge is -2.11. The van der Waals surface area contributed by atoms with Gasteiger partial charge in [0, 0.05) is 6.08 Å². The van der Waals surface area contributed by atoms with Gasteiger partial charge in [0.15, 0.2) is 0 Å². The van der Waals surface area contributed by atoms with E-state index in [4.69, 9.17) is 5.26 Å². The first-order chi connectivity index (χ1) is 6.29. The molecule has 0 aromatic carbocycles. The average Bonchev–Trinajstić information content (AvgIpc) is 2.14. The minimum atomic E-state index is -0.613. The van der Waals surface area contributed by atoms with Gasteiger partial charge in [-0.25, -0.2) is 9.59 Å². The fourth-order valence-electron chi connectivity index (χ4n) is 0.220. The number of rotatable bonds is 1. The van der Waals surface area contributed by atoms with Crippen LogP contribution in [0, 0.1) is 5.41 Å². The molecular weight excluding hydrogens is 188 g/mol. The molecular formula is C9H16O5. The molecule has 0 aliphatic heterocycles. The van der Waals surface area contributed by atoms with E-state index in [2.05, 4.69) is 16.2 Å². The normalized spacial score (nSPS) is 9.21. The molecule has 14 heavy (non-hydrogen) atoms. The summed E-state index contributed by atoms with van der Waals surface area (Å²) in [4.78, 5) is 23.7. The zero-order valence-electron chi connectivity index (χ0n) is 8.86. The molecule has 0 bridgehead atoms. The topological polar surface area (TPSA) is 72.8 Å².